The molecule has 0 aliphatic carbocycles. The van der Waals surface area contributed by atoms with Gasteiger partial charge in [0.15, 0.2) is 5.13 Å². The predicted molar refractivity (Wildman–Crippen MR) is 106 cm³/mol. The number of amides is 1. The van der Waals surface area contributed by atoms with E-state index in [2.05, 4.69) is 15.0 Å². The van der Waals surface area contributed by atoms with Gasteiger partial charge < -0.3 is 5.32 Å². The molecule has 1 heterocycles. The van der Waals surface area contributed by atoms with Crippen molar-refractivity contribution in [1.82, 2.24) is 4.98 Å². The molecule has 0 unspecified atom stereocenters. The van der Waals surface area contributed by atoms with Crippen molar-refractivity contribution in [2.24, 2.45) is 5.92 Å². The zero-order valence-corrected chi connectivity index (χ0v) is 16.0. The zero-order chi connectivity index (χ0) is 18.7. The number of thiazole rings is 1. The van der Waals surface area contributed by atoms with Gasteiger partial charge in [-0.05, 0) is 23.8 Å². The molecule has 8 heteroatoms. The summed E-state index contributed by atoms with van der Waals surface area (Å²) in [6, 6.07) is 14.1. The molecule has 0 saturated heterocycles. The van der Waals surface area contributed by atoms with Gasteiger partial charge in [-0.15, -0.1) is 0 Å². The molecule has 26 heavy (non-hydrogen) atoms. The number of nitrogens with zero attached hydrogens (tertiary/aromatic N) is 1. The molecule has 0 saturated carbocycles. The Morgan fingerprint density at radius 3 is 2.58 bits per heavy atom. The number of aromatic nitrogens is 1. The van der Waals surface area contributed by atoms with Crippen LogP contribution in [0.5, 0.6) is 0 Å². The Labute approximate surface area is 156 Å². The van der Waals surface area contributed by atoms with Crippen LogP contribution in [0.15, 0.2) is 48.5 Å². The van der Waals surface area contributed by atoms with E-state index in [1.54, 1.807) is 42.5 Å². The molecule has 0 aliphatic rings. The monoisotopic (exact) mass is 389 g/mol. The summed E-state index contributed by atoms with van der Waals surface area (Å²) < 4.78 is 28.1. The van der Waals surface area contributed by atoms with Gasteiger partial charge in [-0.1, -0.05) is 55.5 Å². The molecule has 1 amide bonds. The van der Waals surface area contributed by atoms with Crippen molar-refractivity contribution in [2.75, 3.05) is 10.0 Å². The van der Waals surface area contributed by atoms with Gasteiger partial charge in [-0.25, -0.2) is 13.4 Å². The van der Waals surface area contributed by atoms with Gasteiger partial charge in [0, 0.05) is 5.92 Å². The van der Waals surface area contributed by atoms with Crippen LogP contribution < -0.4 is 10.0 Å². The van der Waals surface area contributed by atoms with E-state index in [-0.39, 0.29) is 17.6 Å². The first-order chi connectivity index (χ1) is 12.3. The molecule has 0 fully saturated rings. The minimum Gasteiger partial charge on any atom is -0.302 e. The van der Waals surface area contributed by atoms with Gasteiger partial charge in [0.2, 0.25) is 15.9 Å². The molecule has 2 aromatic carbocycles. The second-order valence-electron chi connectivity index (χ2n) is 6.19. The highest BCUT2D eigenvalue weighted by Crippen LogP contribution is 2.29. The van der Waals surface area contributed by atoms with E-state index < -0.39 is 10.0 Å². The molecule has 0 radical (unpaired) electrons. The topological polar surface area (TPSA) is 88.2 Å². The number of carbonyl (C=O) groups excluding carboxylic acids is 1. The Morgan fingerprint density at radius 1 is 1.15 bits per heavy atom. The van der Waals surface area contributed by atoms with Crippen LogP contribution in [-0.2, 0) is 20.6 Å². The van der Waals surface area contributed by atoms with Gasteiger partial charge in [0.05, 0.1) is 21.7 Å². The Balaban J connectivity index is 1.77. The van der Waals surface area contributed by atoms with Crippen molar-refractivity contribution >= 4 is 48.3 Å². The predicted octanol–water partition coefficient (Wildman–Crippen LogP) is 3.83. The third-order valence-electron chi connectivity index (χ3n) is 3.61. The molecule has 2 N–H and O–H groups in total. The van der Waals surface area contributed by atoms with Crippen molar-refractivity contribution < 1.29 is 13.2 Å². The largest absolute Gasteiger partial charge is 0.302 e. The Bertz CT molecular complexity index is 1030. The lowest BCUT2D eigenvalue weighted by Crippen LogP contribution is -2.17. The quantitative estimate of drug-likeness (QED) is 0.671. The number of rotatable bonds is 6. The lowest BCUT2D eigenvalue weighted by atomic mass is 10.2. The maximum atomic E-state index is 12.3. The maximum absolute atomic E-state index is 12.3. The third kappa shape index (κ3) is 4.59. The molecule has 0 aliphatic heterocycles. The maximum Gasteiger partial charge on any atom is 0.236 e. The SMILES string of the molecule is CC(C)C(=O)Nc1nc2cc(NS(=O)(=O)Cc3ccccc3)ccc2s1. The fourth-order valence-corrected chi connectivity index (χ4v) is 4.34. The molecule has 6 nitrogen and oxygen atoms in total. The second-order valence-corrected chi connectivity index (χ2v) is 8.95. The van der Waals surface area contributed by atoms with Gasteiger partial charge in [0.25, 0.3) is 0 Å². The molecule has 1 aromatic heterocycles. The summed E-state index contributed by atoms with van der Waals surface area (Å²) in [5.41, 5.74) is 1.79. The van der Waals surface area contributed by atoms with E-state index in [1.807, 2.05) is 19.9 Å². The van der Waals surface area contributed by atoms with Crippen molar-refractivity contribution in [3.63, 3.8) is 0 Å². The zero-order valence-electron chi connectivity index (χ0n) is 14.4. The Hall–Kier alpha value is -2.45. The summed E-state index contributed by atoms with van der Waals surface area (Å²) in [7, 11) is -3.52. The van der Waals surface area contributed by atoms with E-state index in [4.69, 9.17) is 0 Å². The summed E-state index contributed by atoms with van der Waals surface area (Å²) in [4.78, 5) is 16.1. The number of nitrogens with one attached hydrogen (secondary N) is 2. The number of hydrogen-bond acceptors (Lipinski definition) is 5. The summed E-state index contributed by atoms with van der Waals surface area (Å²) in [5.74, 6) is -0.339. The van der Waals surface area contributed by atoms with Gasteiger partial charge >= 0.3 is 0 Å². The van der Waals surface area contributed by atoms with E-state index >= 15 is 0 Å². The number of benzene rings is 2. The van der Waals surface area contributed by atoms with Crippen molar-refractivity contribution in [1.29, 1.82) is 0 Å². The van der Waals surface area contributed by atoms with E-state index in [1.165, 1.54) is 11.3 Å². The third-order valence-corrected chi connectivity index (χ3v) is 5.83. The summed E-state index contributed by atoms with van der Waals surface area (Å²) in [6.07, 6.45) is 0. The molecular weight excluding hydrogens is 370 g/mol. The number of anilines is 2. The smallest absolute Gasteiger partial charge is 0.236 e. The number of carbonyl (C=O) groups is 1. The van der Waals surface area contributed by atoms with Crippen LogP contribution in [-0.4, -0.2) is 19.3 Å². The summed E-state index contributed by atoms with van der Waals surface area (Å²) >= 11 is 1.35. The van der Waals surface area contributed by atoms with Crippen LogP contribution in [0.2, 0.25) is 0 Å². The fourth-order valence-electron chi connectivity index (χ4n) is 2.30. The van der Waals surface area contributed by atoms with Crippen molar-refractivity contribution in [3.05, 3.63) is 54.1 Å². The molecule has 0 spiro atoms. The first kappa shape index (κ1) is 18.3. The van der Waals surface area contributed by atoms with Crippen LogP contribution in [0.1, 0.15) is 19.4 Å². The average Bonchev–Trinajstić information content (AvgIpc) is 2.96. The fraction of sp³-hybridized carbons (Fsp3) is 0.222. The number of sulfonamides is 1. The van der Waals surface area contributed by atoms with Crippen LogP contribution in [0.3, 0.4) is 0 Å². The molecular formula is C18H19N3O3S2. The summed E-state index contributed by atoms with van der Waals surface area (Å²) in [5, 5.41) is 3.26. The normalized spacial score (nSPS) is 11.7. The molecule has 3 aromatic rings. The Kier molecular flexibility index (Phi) is 5.24. The highest BCUT2D eigenvalue weighted by molar-refractivity contribution is 7.91. The van der Waals surface area contributed by atoms with Crippen molar-refractivity contribution in [2.45, 2.75) is 19.6 Å². The highest BCUT2D eigenvalue weighted by atomic mass is 32.2. The van der Waals surface area contributed by atoms with Crippen LogP contribution in [0.4, 0.5) is 10.8 Å². The second kappa shape index (κ2) is 7.43. The van der Waals surface area contributed by atoms with Gasteiger partial charge in [-0.2, -0.15) is 0 Å². The average molecular weight is 390 g/mol. The minimum atomic E-state index is -3.52. The highest BCUT2D eigenvalue weighted by Gasteiger charge is 2.14. The lowest BCUT2D eigenvalue weighted by Gasteiger charge is -2.08. The number of hydrogen-bond donors (Lipinski definition) is 2. The summed E-state index contributed by atoms with van der Waals surface area (Å²) in [6.45, 7) is 3.62. The lowest BCUT2D eigenvalue weighted by molar-refractivity contribution is -0.118. The van der Waals surface area contributed by atoms with Crippen molar-refractivity contribution in [3.8, 4) is 0 Å². The van der Waals surface area contributed by atoms with Crippen LogP contribution in [0, 0.1) is 5.92 Å². The molecule has 136 valence electrons. The molecule has 0 bridgehead atoms. The number of fused-ring (bicyclic) bond motifs is 1. The molecule has 3 rings (SSSR count). The van der Waals surface area contributed by atoms with Crippen LogP contribution in [0.25, 0.3) is 10.2 Å². The standard InChI is InChI=1S/C18H19N3O3S2/c1-12(2)17(22)20-18-19-15-10-14(8-9-16(15)25-18)21-26(23,24)11-13-6-4-3-5-7-13/h3-10,12,21H,11H2,1-2H3,(H,19,20,22). The van der Waals surface area contributed by atoms with Gasteiger partial charge in [-0.3, -0.25) is 9.52 Å². The molecule has 0 atom stereocenters. The van der Waals surface area contributed by atoms with E-state index in [0.29, 0.717) is 21.9 Å². The van der Waals surface area contributed by atoms with E-state index in [0.717, 1.165) is 4.70 Å². The first-order valence-electron chi connectivity index (χ1n) is 8.08. The first-order valence-corrected chi connectivity index (χ1v) is 10.6. The van der Waals surface area contributed by atoms with Gasteiger partial charge in [0.1, 0.15) is 0 Å². The van der Waals surface area contributed by atoms with E-state index in [9.17, 15) is 13.2 Å². The Morgan fingerprint density at radius 2 is 1.88 bits per heavy atom. The minimum absolute atomic E-state index is 0.0986. The van der Waals surface area contributed by atoms with Crippen LogP contribution >= 0.6 is 11.3 Å².